The molecule has 2 amide bonds. The van der Waals surface area contributed by atoms with E-state index < -0.39 is 6.04 Å². The molecule has 1 heterocycles. The molecule has 0 bridgehead atoms. The minimum Gasteiger partial charge on any atom is -0.347 e. The Bertz CT molecular complexity index is 709. The lowest BCUT2D eigenvalue weighted by atomic mass is 9.86. The SMILES string of the molecule is C/C=C(\C)[C@@H]1CC(=O)Nc2ccccc2[C@@H](CC(C)C)N[C@H]1C(=O)N(C)C. The van der Waals surface area contributed by atoms with Crippen molar-refractivity contribution in [3.8, 4) is 0 Å². The van der Waals surface area contributed by atoms with Gasteiger partial charge in [0.15, 0.2) is 0 Å². The van der Waals surface area contributed by atoms with Gasteiger partial charge in [-0.1, -0.05) is 43.7 Å². The number of para-hydroxylation sites is 1. The van der Waals surface area contributed by atoms with Gasteiger partial charge in [-0.2, -0.15) is 0 Å². The number of benzene rings is 1. The number of likely N-dealkylation sites (N-methyl/N-ethyl adjacent to an activating group) is 1. The monoisotopic (exact) mass is 371 g/mol. The average Bonchev–Trinajstić information content (AvgIpc) is 2.67. The van der Waals surface area contributed by atoms with Gasteiger partial charge in [-0.25, -0.2) is 0 Å². The number of hydrogen-bond acceptors (Lipinski definition) is 3. The van der Waals surface area contributed by atoms with Crippen LogP contribution in [0.4, 0.5) is 5.69 Å². The van der Waals surface area contributed by atoms with Crippen molar-refractivity contribution in [2.75, 3.05) is 19.4 Å². The summed E-state index contributed by atoms with van der Waals surface area (Å²) in [5.41, 5.74) is 2.91. The normalized spacial score (nSPS) is 23.7. The zero-order chi connectivity index (χ0) is 20.1. The van der Waals surface area contributed by atoms with E-state index in [1.54, 1.807) is 19.0 Å². The molecular formula is C22H33N3O2. The predicted octanol–water partition coefficient (Wildman–Crippen LogP) is 3.74. The van der Waals surface area contributed by atoms with Crippen molar-refractivity contribution in [1.29, 1.82) is 0 Å². The summed E-state index contributed by atoms with van der Waals surface area (Å²) in [5, 5.41) is 6.70. The zero-order valence-electron chi connectivity index (χ0n) is 17.4. The first-order valence-electron chi connectivity index (χ1n) is 9.73. The Morgan fingerprint density at radius 3 is 2.56 bits per heavy atom. The highest BCUT2D eigenvalue weighted by atomic mass is 16.2. The van der Waals surface area contributed by atoms with Crippen LogP contribution in [0.2, 0.25) is 0 Å². The van der Waals surface area contributed by atoms with E-state index in [1.807, 2.05) is 44.2 Å². The van der Waals surface area contributed by atoms with Gasteiger partial charge < -0.3 is 10.2 Å². The van der Waals surface area contributed by atoms with Crippen molar-refractivity contribution < 1.29 is 9.59 Å². The highest BCUT2D eigenvalue weighted by Gasteiger charge is 2.36. The Hall–Kier alpha value is -2.14. The minimum atomic E-state index is -0.447. The number of hydrogen-bond donors (Lipinski definition) is 2. The molecule has 0 unspecified atom stereocenters. The molecule has 148 valence electrons. The maximum absolute atomic E-state index is 13.1. The first-order valence-corrected chi connectivity index (χ1v) is 9.73. The number of nitrogens with zero attached hydrogens (tertiary/aromatic N) is 1. The molecule has 1 aliphatic rings. The number of carbonyl (C=O) groups excluding carboxylic acids is 2. The lowest BCUT2D eigenvalue weighted by Gasteiger charge is -2.33. The van der Waals surface area contributed by atoms with Crippen molar-refractivity contribution in [3.63, 3.8) is 0 Å². The van der Waals surface area contributed by atoms with Gasteiger partial charge in [0.05, 0.1) is 6.04 Å². The number of rotatable bonds is 4. The van der Waals surface area contributed by atoms with Crippen molar-refractivity contribution in [3.05, 3.63) is 41.5 Å². The van der Waals surface area contributed by atoms with Crippen LogP contribution in [0.3, 0.4) is 0 Å². The van der Waals surface area contributed by atoms with Crippen LogP contribution in [0.25, 0.3) is 0 Å². The van der Waals surface area contributed by atoms with E-state index in [9.17, 15) is 9.59 Å². The van der Waals surface area contributed by atoms with Gasteiger partial charge in [-0.3, -0.25) is 14.9 Å². The topological polar surface area (TPSA) is 61.4 Å². The molecule has 5 nitrogen and oxygen atoms in total. The minimum absolute atomic E-state index is 0.00198. The quantitative estimate of drug-likeness (QED) is 0.793. The van der Waals surface area contributed by atoms with E-state index in [-0.39, 0.29) is 30.2 Å². The Morgan fingerprint density at radius 2 is 1.96 bits per heavy atom. The van der Waals surface area contributed by atoms with Crippen LogP contribution in [-0.2, 0) is 9.59 Å². The summed E-state index contributed by atoms with van der Waals surface area (Å²) in [6.07, 6.45) is 3.15. The first-order chi connectivity index (χ1) is 12.7. The van der Waals surface area contributed by atoms with Crippen LogP contribution in [-0.4, -0.2) is 36.9 Å². The molecule has 1 aliphatic heterocycles. The van der Waals surface area contributed by atoms with E-state index in [0.29, 0.717) is 5.92 Å². The largest absolute Gasteiger partial charge is 0.347 e. The van der Waals surface area contributed by atoms with Crippen LogP contribution >= 0.6 is 0 Å². The second-order valence-electron chi connectivity index (χ2n) is 8.04. The number of amides is 2. The van der Waals surface area contributed by atoms with E-state index >= 15 is 0 Å². The van der Waals surface area contributed by atoms with Gasteiger partial charge in [-0.05, 0) is 37.8 Å². The summed E-state index contributed by atoms with van der Waals surface area (Å²) >= 11 is 0. The summed E-state index contributed by atoms with van der Waals surface area (Å²) in [4.78, 5) is 27.4. The Balaban J connectivity index is 2.57. The van der Waals surface area contributed by atoms with E-state index in [2.05, 4.69) is 24.5 Å². The molecule has 1 aromatic carbocycles. The molecule has 0 aliphatic carbocycles. The van der Waals surface area contributed by atoms with Gasteiger partial charge in [0.1, 0.15) is 0 Å². The molecule has 0 saturated carbocycles. The molecule has 2 N–H and O–H groups in total. The number of carbonyl (C=O) groups is 2. The Kier molecular flexibility index (Phi) is 7.19. The summed E-state index contributed by atoms with van der Waals surface area (Å²) < 4.78 is 0. The fourth-order valence-electron chi connectivity index (χ4n) is 3.68. The van der Waals surface area contributed by atoms with Crippen LogP contribution in [0.5, 0.6) is 0 Å². The van der Waals surface area contributed by atoms with Crippen LogP contribution in [0.15, 0.2) is 35.9 Å². The fraction of sp³-hybridized carbons (Fsp3) is 0.545. The number of anilines is 1. The molecular weight excluding hydrogens is 338 g/mol. The molecule has 1 aromatic rings. The Morgan fingerprint density at radius 1 is 1.30 bits per heavy atom. The van der Waals surface area contributed by atoms with Crippen LogP contribution in [0, 0.1) is 11.8 Å². The van der Waals surface area contributed by atoms with Crippen molar-refractivity contribution in [2.45, 2.75) is 52.6 Å². The molecule has 0 fully saturated rings. The highest BCUT2D eigenvalue weighted by molar-refractivity contribution is 5.93. The average molecular weight is 372 g/mol. The maximum Gasteiger partial charge on any atom is 0.239 e. The van der Waals surface area contributed by atoms with Crippen LogP contribution in [0.1, 0.15) is 52.1 Å². The van der Waals surface area contributed by atoms with Gasteiger partial charge in [-0.15, -0.1) is 0 Å². The number of allylic oxidation sites excluding steroid dienone is 1. The third kappa shape index (κ3) is 5.19. The summed E-state index contributed by atoms with van der Waals surface area (Å²) in [6, 6.07) is 7.43. The van der Waals surface area contributed by atoms with Crippen LogP contribution < -0.4 is 10.6 Å². The van der Waals surface area contributed by atoms with Gasteiger partial charge in [0, 0.05) is 38.2 Å². The molecule has 0 radical (unpaired) electrons. The molecule has 27 heavy (non-hydrogen) atoms. The lowest BCUT2D eigenvalue weighted by molar-refractivity contribution is -0.132. The van der Waals surface area contributed by atoms with Crippen molar-refractivity contribution >= 4 is 17.5 Å². The molecule has 0 saturated heterocycles. The second-order valence-corrected chi connectivity index (χ2v) is 8.04. The summed E-state index contributed by atoms with van der Waals surface area (Å²) in [7, 11) is 3.54. The smallest absolute Gasteiger partial charge is 0.239 e. The summed E-state index contributed by atoms with van der Waals surface area (Å²) in [5.74, 6) is 0.205. The van der Waals surface area contributed by atoms with E-state index in [0.717, 1.165) is 23.2 Å². The zero-order valence-corrected chi connectivity index (χ0v) is 17.4. The number of nitrogens with one attached hydrogen (secondary N) is 2. The number of fused-ring (bicyclic) bond motifs is 1. The standard InChI is InChI=1S/C22H33N3O2/c1-7-15(4)17-13-20(26)23-18-11-9-8-10-16(18)19(12-14(2)3)24-21(17)22(27)25(5)6/h7-11,14,17,19,21,24H,12-13H2,1-6H3,(H,23,26)/b15-7+/t17-,19+,21+/m0/s1. The van der Waals surface area contributed by atoms with Crippen molar-refractivity contribution in [2.24, 2.45) is 11.8 Å². The third-order valence-corrected chi connectivity index (χ3v) is 5.25. The third-order valence-electron chi connectivity index (χ3n) is 5.25. The van der Waals surface area contributed by atoms with Gasteiger partial charge in [0.2, 0.25) is 11.8 Å². The molecule has 3 atom stereocenters. The van der Waals surface area contributed by atoms with Gasteiger partial charge >= 0.3 is 0 Å². The first kappa shape index (κ1) is 21.2. The van der Waals surface area contributed by atoms with E-state index in [1.165, 1.54) is 0 Å². The lowest BCUT2D eigenvalue weighted by Crippen LogP contribution is -2.50. The second kappa shape index (κ2) is 9.18. The fourth-order valence-corrected chi connectivity index (χ4v) is 3.68. The maximum atomic E-state index is 13.1. The Labute approximate surface area is 163 Å². The molecule has 2 rings (SSSR count). The highest BCUT2D eigenvalue weighted by Crippen LogP contribution is 2.33. The molecule has 0 aromatic heterocycles. The predicted molar refractivity (Wildman–Crippen MR) is 110 cm³/mol. The molecule has 0 spiro atoms. The summed E-state index contributed by atoms with van der Waals surface area (Å²) in [6.45, 7) is 8.30. The van der Waals surface area contributed by atoms with Gasteiger partial charge in [0.25, 0.3) is 0 Å². The van der Waals surface area contributed by atoms with E-state index in [4.69, 9.17) is 0 Å². The van der Waals surface area contributed by atoms with Crippen molar-refractivity contribution in [1.82, 2.24) is 10.2 Å². The molecule has 5 heteroatoms.